The van der Waals surface area contributed by atoms with Crippen molar-refractivity contribution >= 4 is 29.3 Å². The van der Waals surface area contributed by atoms with Crippen molar-refractivity contribution in [2.45, 2.75) is 64.8 Å². The molecule has 0 aliphatic heterocycles. The fraction of sp³-hybridized carbons (Fsp3) is 0.545. The van der Waals surface area contributed by atoms with Crippen molar-refractivity contribution in [1.82, 2.24) is 5.32 Å². The summed E-state index contributed by atoms with van der Waals surface area (Å²) < 4.78 is 5.27. The van der Waals surface area contributed by atoms with Crippen LogP contribution < -0.4 is 10.6 Å². The van der Waals surface area contributed by atoms with Gasteiger partial charge in [-0.3, -0.25) is 14.4 Å². The van der Waals surface area contributed by atoms with Crippen LogP contribution in [0, 0.1) is 5.92 Å². The van der Waals surface area contributed by atoms with Gasteiger partial charge < -0.3 is 15.4 Å². The maximum Gasteiger partial charge on any atom is 0.332 e. The molecule has 7 heteroatoms. The number of rotatable bonds is 8. The lowest BCUT2D eigenvalue weighted by atomic mass is 9.81. The molecule has 1 aromatic rings. The van der Waals surface area contributed by atoms with Crippen LogP contribution in [-0.4, -0.2) is 35.7 Å². The summed E-state index contributed by atoms with van der Waals surface area (Å²) in [5, 5.41) is 5.51. The molecule has 0 spiro atoms. The number of carbonyl (C=O) groups is 4. The zero-order valence-corrected chi connectivity index (χ0v) is 17.4. The molecular formula is C22H30N2O5. The zero-order chi connectivity index (χ0) is 21.4. The quantitative estimate of drug-likeness (QED) is 0.513. The molecule has 7 nitrogen and oxygen atoms in total. The van der Waals surface area contributed by atoms with Crippen LogP contribution in [0.1, 0.15) is 69.7 Å². The number of nitrogens with one attached hydrogen (secondary N) is 2. The number of hydrogen-bond donors (Lipinski definition) is 2. The van der Waals surface area contributed by atoms with E-state index in [1.165, 1.54) is 6.92 Å². The highest BCUT2D eigenvalue weighted by molar-refractivity contribution is 5.99. The first-order chi connectivity index (χ1) is 13.7. The summed E-state index contributed by atoms with van der Waals surface area (Å²) in [6, 6.07) is 6.47. The highest BCUT2D eigenvalue weighted by Gasteiger charge is 2.42. The number of ketones is 1. The first kappa shape index (κ1) is 22.6. The predicted octanol–water partition coefficient (Wildman–Crippen LogP) is 3.24. The van der Waals surface area contributed by atoms with Gasteiger partial charge in [-0.1, -0.05) is 33.1 Å². The molecule has 2 amide bonds. The third-order valence-corrected chi connectivity index (χ3v) is 4.93. The summed E-state index contributed by atoms with van der Waals surface area (Å²) >= 11 is 0. The Hall–Kier alpha value is -2.70. The van der Waals surface area contributed by atoms with E-state index in [0.717, 1.165) is 19.3 Å². The second-order valence-electron chi connectivity index (χ2n) is 8.05. The van der Waals surface area contributed by atoms with Gasteiger partial charge in [0.05, 0.1) is 0 Å². The molecule has 0 aromatic heterocycles. The summed E-state index contributed by atoms with van der Waals surface area (Å²) in [6.07, 6.45) is 4.12. The molecular weight excluding hydrogens is 372 g/mol. The summed E-state index contributed by atoms with van der Waals surface area (Å²) in [7, 11) is 0. The Bertz CT molecular complexity index is 749. The third kappa shape index (κ3) is 6.69. The first-order valence-electron chi connectivity index (χ1n) is 10.1. The number of amides is 2. The molecule has 158 valence electrons. The van der Waals surface area contributed by atoms with Gasteiger partial charge in [-0.25, -0.2) is 4.79 Å². The number of ether oxygens (including phenoxy) is 1. The van der Waals surface area contributed by atoms with E-state index in [9.17, 15) is 19.2 Å². The summed E-state index contributed by atoms with van der Waals surface area (Å²) in [5.74, 6) is -1.00. The van der Waals surface area contributed by atoms with E-state index < -0.39 is 11.5 Å². The van der Waals surface area contributed by atoms with Crippen molar-refractivity contribution in [2.24, 2.45) is 5.92 Å². The van der Waals surface area contributed by atoms with Crippen LogP contribution >= 0.6 is 0 Å². The minimum Gasteiger partial charge on any atom is -0.456 e. The minimum atomic E-state index is -1.03. The highest BCUT2D eigenvalue weighted by Crippen LogP contribution is 2.29. The average Bonchev–Trinajstić information content (AvgIpc) is 2.65. The lowest BCUT2D eigenvalue weighted by molar-refractivity contribution is -0.154. The maximum atomic E-state index is 12.6. The first-order valence-corrected chi connectivity index (χ1v) is 10.1. The topological polar surface area (TPSA) is 102 Å². The van der Waals surface area contributed by atoms with E-state index in [-0.39, 0.29) is 30.1 Å². The number of esters is 1. The van der Waals surface area contributed by atoms with Crippen molar-refractivity contribution in [3.8, 4) is 0 Å². The Morgan fingerprint density at radius 1 is 1.03 bits per heavy atom. The summed E-state index contributed by atoms with van der Waals surface area (Å²) in [4.78, 5) is 48.3. The lowest BCUT2D eigenvalue weighted by Gasteiger charge is -2.35. The number of anilines is 1. The smallest absolute Gasteiger partial charge is 0.332 e. The molecule has 0 saturated heterocycles. The molecule has 0 bridgehead atoms. The zero-order valence-electron chi connectivity index (χ0n) is 17.4. The van der Waals surface area contributed by atoms with E-state index in [2.05, 4.69) is 10.6 Å². The standard InChI is InChI=1S/C22H30N2O5/c1-15(2)13-20(27)23-18-9-7-17(8-10-18)19(26)14-29-21(28)22(24-16(3)25)11-5-4-6-12-22/h7-10,15H,4-6,11-14H2,1-3H3,(H,23,27)(H,24,25). The molecule has 1 aliphatic rings. The molecule has 1 saturated carbocycles. The van der Waals surface area contributed by atoms with Crippen LogP contribution in [0.4, 0.5) is 5.69 Å². The van der Waals surface area contributed by atoms with Crippen molar-refractivity contribution in [3.63, 3.8) is 0 Å². The van der Waals surface area contributed by atoms with E-state index in [1.54, 1.807) is 24.3 Å². The second kappa shape index (κ2) is 10.2. The maximum absolute atomic E-state index is 12.6. The fourth-order valence-electron chi connectivity index (χ4n) is 3.55. The number of carbonyl (C=O) groups excluding carboxylic acids is 4. The van der Waals surface area contributed by atoms with Crippen molar-refractivity contribution in [2.75, 3.05) is 11.9 Å². The Balaban J connectivity index is 1.93. The number of Topliss-reactive ketones (excluding diaryl/α,β-unsaturated/α-hetero) is 1. The largest absolute Gasteiger partial charge is 0.456 e. The molecule has 0 radical (unpaired) electrons. The van der Waals surface area contributed by atoms with Gasteiger partial charge in [0.1, 0.15) is 5.54 Å². The van der Waals surface area contributed by atoms with Gasteiger partial charge in [-0.15, -0.1) is 0 Å². The van der Waals surface area contributed by atoms with E-state index in [0.29, 0.717) is 30.5 Å². The van der Waals surface area contributed by atoms with Crippen molar-refractivity contribution < 1.29 is 23.9 Å². The molecule has 0 atom stereocenters. The Kier molecular flexibility index (Phi) is 7.93. The Labute approximate surface area is 171 Å². The van der Waals surface area contributed by atoms with Crippen LogP contribution in [0.25, 0.3) is 0 Å². The molecule has 1 aliphatic carbocycles. The lowest BCUT2D eigenvalue weighted by Crippen LogP contribution is -2.56. The van der Waals surface area contributed by atoms with Crippen molar-refractivity contribution in [3.05, 3.63) is 29.8 Å². The number of hydrogen-bond acceptors (Lipinski definition) is 5. The fourth-order valence-corrected chi connectivity index (χ4v) is 3.55. The summed E-state index contributed by atoms with van der Waals surface area (Å²) in [6.45, 7) is 4.91. The molecule has 2 rings (SSSR count). The van der Waals surface area contributed by atoms with E-state index >= 15 is 0 Å². The second-order valence-corrected chi connectivity index (χ2v) is 8.05. The third-order valence-electron chi connectivity index (χ3n) is 4.93. The SMILES string of the molecule is CC(=O)NC1(C(=O)OCC(=O)c2ccc(NC(=O)CC(C)C)cc2)CCCCC1. The monoisotopic (exact) mass is 402 g/mol. The average molecular weight is 402 g/mol. The van der Waals surface area contributed by atoms with Crippen LogP contribution in [0.3, 0.4) is 0 Å². The van der Waals surface area contributed by atoms with Gasteiger partial charge in [0.15, 0.2) is 12.4 Å². The highest BCUT2D eigenvalue weighted by atomic mass is 16.5. The van der Waals surface area contributed by atoms with Gasteiger partial charge in [-0.05, 0) is 43.0 Å². The van der Waals surface area contributed by atoms with Crippen LogP contribution in [0.15, 0.2) is 24.3 Å². The predicted molar refractivity (Wildman–Crippen MR) is 109 cm³/mol. The Morgan fingerprint density at radius 2 is 1.66 bits per heavy atom. The van der Waals surface area contributed by atoms with Crippen LogP contribution in [-0.2, 0) is 19.1 Å². The molecule has 0 heterocycles. The van der Waals surface area contributed by atoms with Crippen LogP contribution in [0.5, 0.6) is 0 Å². The van der Waals surface area contributed by atoms with E-state index in [4.69, 9.17) is 4.74 Å². The van der Waals surface area contributed by atoms with Gasteiger partial charge >= 0.3 is 5.97 Å². The molecule has 1 fully saturated rings. The summed E-state index contributed by atoms with van der Waals surface area (Å²) in [5.41, 5.74) is -0.0394. The Morgan fingerprint density at radius 3 is 2.21 bits per heavy atom. The number of benzene rings is 1. The van der Waals surface area contributed by atoms with Gasteiger partial charge in [-0.2, -0.15) is 0 Å². The van der Waals surface area contributed by atoms with Crippen molar-refractivity contribution in [1.29, 1.82) is 0 Å². The van der Waals surface area contributed by atoms with E-state index in [1.807, 2.05) is 13.8 Å². The van der Waals surface area contributed by atoms with Crippen LogP contribution in [0.2, 0.25) is 0 Å². The molecule has 2 N–H and O–H groups in total. The molecule has 0 unspecified atom stereocenters. The minimum absolute atomic E-state index is 0.0799. The van der Waals surface area contributed by atoms with Gasteiger partial charge in [0.25, 0.3) is 0 Å². The van der Waals surface area contributed by atoms with Gasteiger partial charge in [0, 0.05) is 24.6 Å². The van der Waals surface area contributed by atoms with Gasteiger partial charge in [0.2, 0.25) is 11.8 Å². The molecule has 29 heavy (non-hydrogen) atoms. The molecule has 1 aromatic carbocycles. The normalized spacial score (nSPS) is 15.4.